The summed E-state index contributed by atoms with van der Waals surface area (Å²) in [5, 5.41) is 11.3. The third-order valence-corrected chi connectivity index (χ3v) is 6.18. The van der Waals surface area contributed by atoms with Crippen LogP contribution in [0.25, 0.3) is 0 Å². The van der Waals surface area contributed by atoms with Crippen molar-refractivity contribution in [3.05, 3.63) is 18.0 Å². The van der Waals surface area contributed by atoms with Crippen molar-refractivity contribution in [1.82, 2.24) is 30.2 Å². The molecule has 1 aromatic heterocycles. The quantitative estimate of drug-likeness (QED) is 0.308. The van der Waals surface area contributed by atoms with Crippen LogP contribution in [0.15, 0.2) is 17.4 Å². The van der Waals surface area contributed by atoms with Crippen molar-refractivity contribution in [2.75, 3.05) is 27.2 Å². The molecular formula is C23H42IN7O2. The van der Waals surface area contributed by atoms with Gasteiger partial charge in [0.1, 0.15) is 5.60 Å². The monoisotopic (exact) mass is 575 g/mol. The summed E-state index contributed by atoms with van der Waals surface area (Å²) in [5.41, 5.74) is 0.689. The lowest BCUT2D eigenvalue weighted by Crippen LogP contribution is -2.55. The van der Waals surface area contributed by atoms with Gasteiger partial charge in [-0.15, -0.1) is 24.0 Å². The fourth-order valence-corrected chi connectivity index (χ4v) is 4.78. The molecule has 9 nitrogen and oxygen atoms in total. The number of aliphatic imine (C=N–C) groups is 1. The van der Waals surface area contributed by atoms with Crippen LogP contribution in [0.3, 0.4) is 0 Å². The number of hydrogen-bond donors (Lipinski definition) is 2. The Bertz CT molecular complexity index is 791. The van der Waals surface area contributed by atoms with Gasteiger partial charge in [-0.25, -0.2) is 4.79 Å². The number of guanidine groups is 1. The first-order valence-electron chi connectivity index (χ1n) is 11.8. The lowest BCUT2D eigenvalue weighted by atomic mass is 9.98. The van der Waals surface area contributed by atoms with Gasteiger partial charge in [0.25, 0.3) is 0 Å². The Kier molecular flexibility index (Phi) is 9.83. The summed E-state index contributed by atoms with van der Waals surface area (Å²) in [6, 6.07) is 0.910. The predicted octanol–water partition coefficient (Wildman–Crippen LogP) is 3.13. The molecule has 3 heterocycles. The number of hydrogen-bond acceptors (Lipinski definition) is 5. The average Bonchev–Trinajstić information content (AvgIpc) is 3.21. The molecule has 0 saturated carbocycles. The summed E-state index contributed by atoms with van der Waals surface area (Å²) >= 11 is 0. The van der Waals surface area contributed by atoms with Crippen LogP contribution in [0.1, 0.15) is 65.0 Å². The van der Waals surface area contributed by atoms with Crippen LogP contribution < -0.4 is 10.6 Å². The lowest BCUT2D eigenvalue weighted by Gasteiger charge is -2.40. The summed E-state index contributed by atoms with van der Waals surface area (Å²) in [6.07, 6.45) is 7.70. The molecule has 188 valence electrons. The number of carbonyl (C=O) groups is 1. The number of ether oxygens (including phenoxy) is 1. The zero-order chi connectivity index (χ0) is 23.5. The molecule has 0 aromatic carbocycles. The zero-order valence-electron chi connectivity index (χ0n) is 21.2. The van der Waals surface area contributed by atoms with Crippen LogP contribution in [-0.2, 0) is 11.8 Å². The van der Waals surface area contributed by atoms with E-state index in [0.717, 1.165) is 43.8 Å². The number of fused-ring (bicyclic) bond motifs is 2. The van der Waals surface area contributed by atoms with Crippen LogP contribution in [0, 0.1) is 0 Å². The van der Waals surface area contributed by atoms with E-state index < -0.39 is 5.60 Å². The van der Waals surface area contributed by atoms with Crippen molar-refractivity contribution in [1.29, 1.82) is 0 Å². The van der Waals surface area contributed by atoms with E-state index in [1.807, 2.05) is 49.8 Å². The Morgan fingerprint density at radius 2 is 1.94 bits per heavy atom. The van der Waals surface area contributed by atoms with E-state index in [-0.39, 0.29) is 48.2 Å². The predicted molar refractivity (Wildman–Crippen MR) is 142 cm³/mol. The number of piperidine rings is 1. The minimum absolute atomic E-state index is 0. The molecule has 2 aliphatic rings. The minimum Gasteiger partial charge on any atom is -0.444 e. The standard InChI is InChI=1S/C23H41N7O2.HI/c1-8-24-21(25-14-20(28(5)6)16-13-26-29(7)15-16)27-17-11-18-9-10-19(12-17)30(18)22(31)32-23(2,3)4;/h13,15,17-20H,8-12,14H2,1-7H3,(H2,24,25,27);1H. The molecule has 33 heavy (non-hydrogen) atoms. The smallest absolute Gasteiger partial charge is 0.410 e. The van der Waals surface area contributed by atoms with Crippen LogP contribution in [0.4, 0.5) is 4.79 Å². The second-order valence-electron chi connectivity index (χ2n) is 10.2. The molecule has 10 heteroatoms. The maximum absolute atomic E-state index is 12.7. The van der Waals surface area contributed by atoms with Gasteiger partial charge in [0, 0.05) is 43.5 Å². The van der Waals surface area contributed by atoms with Crippen LogP contribution in [-0.4, -0.2) is 82.5 Å². The second kappa shape index (κ2) is 11.7. The van der Waals surface area contributed by atoms with E-state index in [0.29, 0.717) is 12.6 Å². The molecule has 2 fully saturated rings. The van der Waals surface area contributed by atoms with Gasteiger partial charge in [0.15, 0.2) is 5.96 Å². The van der Waals surface area contributed by atoms with Crippen molar-refractivity contribution >= 4 is 36.0 Å². The highest BCUT2D eigenvalue weighted by Crippen LogP contribution is 2.36. The number of amides is 1. The minimum atomic E-state index is -0.465. The number of likely N-dealkylation sites (N-methyl/N-ethyl adjacent to an activating group) is 1. The van der Waals surface area contributed by atoms with Crippen molar-refractivity contribution in [2.45, 2.75) is 83.1 Å². The number of aryl methyl sites for hydroxylation is 1. The maximum atomic E-state index is 12.7. The fraction of sp³-hybridized carbons (Fsp3) is 0.783. The van der Waals surface area contributed by atoms with E-state index in [4.69, 9.17) is 9.73 Å². The third-order valence-electron chi connectivity index (χ3n) is 6.18. The number of nitrogens with zero attached hydrogens (tertiary/aromatic N) is 5. The summed E-state index contributed by atoms with van der Waals surface area (Å²) in [6.45, 7) is 9.29. The molecule has 3 atom stereocenters. The third kappa shape index (κ3) is 7.46. The molecule has 2 saturated heterocycles. The first kappa shape index (κ1) is 27.7. The molecule has 1 amide bonds. The number of nitrogens with one attached hydrogen (secondary N) is 2. The highest BCUT2D eigenvalue weighted by molar-refractivity contribution is 14.0. The molecule has 3 unspecified atom stereocenters. The Labute approximate surface area is 215 Å². The average molecular weight is 576 g/mol. The zero-order valence-corrected chi connectivity index (χ0v) is 23.5. The normalized spacial score (nSPS) is 23.8. The van der Waals surface area contributed by atoms with Crippen molar-refractivity contribution < 1.29 is 9.53 Å². The molecule has 2 aliphatic heterocycles. The number of carbonyl (C=O) groups excluding carboxylic acids is 1. The van der Waals surface area contributed by atoms with Gasteiger partial charge in [0.2, 0.25) is 0 Å². The van der Waals surface area contributed by atoms with Gasteiger partial charge in [-0.2, -0.15) is 5.10 Å². The number of halogens is 1. The first-order valence-corrected chi connectivity index (χ1v) is 11.8. The molecule has 0 aliphatic carbocycles. The molecule has 0 spiro atoms. The van der Waals surface area contributed by atoms with Gasteiger partial charge in [0.05, 0.1) is 18.8 Å². The summed E-state index contributed by atoms with van der Waals surface area (Å²) in [4.78, 5) is 21.8. The lowest BCUT2D eigenvalue weighted by molar-refractivity contribution is 0.00545. The molecule has 1 aromatic rings. The maximum Gasteiger partial charge on any atom is 0.410 e. The van der Waals surface area contributed by atoms with Gasteiger partial charge >= 0.3 is 6.09 Å². The van der Waals surface area contributed by atoms with E-state index in [1.54, 1.807) is 0 Å². The molecule has 2 N–H and O–H groups in total. The highest BCUT2D eigenvalue weighted by Gasteiger charge is 2.45. The summed E-state index contributed by atoms with van der Waals surface area (Å²) in [7, 11) is 6.07. The van der Waals surface area contributed by atoms with Crippen molar-refractivity contribution in [2.24, 2.45) is 12.0 Å². The molecular weight excluding hydrogens is 533 g/mol. The van der Waals surface area contributed by atoms with Crippen molar-refractivity contribution in [3.8, 4) is 0 Å². The summed E-state index contributed by atoms with van der Waals surface area (Å²) < 4.78 is 7.49. The molecule has 3 rings (SSSR count). The Hall–Kier alpha value is -1.56. The van der Waals surface area contributed by atoms with Crippen molar-refractivity contribution in [3.63, 3.8) is 0 Å². The Morgan fingerprint density at radius 3 is 2.42 bits per heavy atom. The summed E-state index contributed by atoms with van der Waals surface area (Å²) in [5.74, 6) is 0.832. The van der Waals surface area contributed by atoms with E-state index in [1.165, 1.54) is 0 Å². The molecule has 0 radical (unpaired) electrons. The van der Waals surface area contributed by atoms with Gasteiger partial charge in [-0.05, 0) is 67.5 Å². The van der Waals surface area contributed by atoms with E-state index >= 15 is 0 Å². The van der Waals surface area contributed by atoms with Gasteiger partial charge in [-0.1, -0.05) is 0 Å². The highest BCUT2D eigenvalue weighted by atomic mass is 127. The van der Waals surface area contributed by atoms with E-state index in [2.05, 4.69) is 41.7 Å². The Morgan fingerprint density at radius 1 is 1.30 bits per heavy atom. The van der Waals surface area contributed by atoms with Crippen LogP contribution >= 0.6 is 24.0 Å². The second-order valence-corrected chi connectivity index (χ2v) is 10.2. The van der Waals surface area contributed by atoms with Crippen LogP contribution in [0.5, 0.6) is 0 Å². The van der Waals surface area contributed by atoms with Crippen LogP contribution in [0.2, 0.25) is 0 Å². The Balaban J connectivity index is 0.00000385. The van der Waals surface area contributed by atoms with Gasteiger partial charge in [-0.3, -0.25) is 9.67 Å². The number of aromatic nitrogens is 2. The SMILES string of the molecule is CCNC(=NCC(c1cnn(C)c1)N(C)C)NC1CC2CCC(C1)N2C(=O)OC(C)(C)C.I. The first-order chi connectivity index (χ1) is 15.1. The molecule has 2 bridgehead atoms. The number of rotatable bonds is 6. The topological polar surface area (TPSA) is 87.0 Å². The van der Waals surface area contributed by atoms with E-state index in [9.17, 15) is 4.79 Å². The fourth-order valence-electron chi connectivity index (χ4n) is 4.78. The van der Waals surface area contributed by atoms with Gasteiger partial charge < -0.3 is 25.2 Å². The largest absolute Gasteiger partial charge is 0.444 e.